The lowest BCUT2D eigenvalue weighted by Gasteiger charge is -2.09. The molecule has 0 bridgehead atoms. The predicted molar refractivity (Wildman–Crippen MR) is 94.5 cm³/mol. The van der Waals surface area contributed by atoms with Crippen LogP contribution < -0.4 is 10.1 Å². The summed E-state index contributed by atoms with van der Waals surface area (Å²) in [6.45, 7) is 0.190. The highest BCUT2D eigenvalue weighted by Gasteiger charge is 2.11. The summed E-state index contributed by atoms with van der Waals surface area (Å²) in [4.78, 5) is 29.4. The van der Waals surface area contributed by atoms with E-state index in [1.807, 2.05) is 0 Å². The van der Waals surface area contributed by atoms with Crippen LogP contribution in [0.5, 0.6) is 5.88 Å². The highest BCUT2D eigenvalue weighted by molar-refractivity contribution is 5.96. The Labute approximate surface area is 146 Å². The number of carbonyl (C=O) groups excluding carboxylic acids is 2. The number of ether oxygens (including phenoxy) is 1. The number of hydrogen-bond donors (Lipinski definition) is 1. The van der Waals surface area contributed by atoms with Crippen LogP contribution in [-0.2, 0) is 0 Å². The van der Waals surface area contributed by atoms with Gasteiger partial charge >= 0.3 is 0 Å². The van der Waals surface area contributed by atoms with Crippen LogP contribution in [0.3, 0.4) is 0 Å². The van der Waals surface area contributed by atoms with E-state index in [9.17, 15) is 9.59 Å². The van der Waals surface area contributed by atoms with Crippen molar-refractivity contribution in [3.8, 4) is 17.7 Å². The van der Waals surface area contributed by atoms with Gasteiger partial charge in [-0.05, 0) is 36.4 Å². The first kappa shape index (κ1) is 18.0. The summed E-state index contributed by atoms with van der Waals surface area (Å²) in [5.74, 6) is 5.73. The zero-order chi connectivity index (χ0) is 18.2. The van der Waals surface area contributed by atoms with E-state index in [-0.39, 0.29) is 24.2 Å². The maximum atomic E-state index is 12.1. The van der Waals surface area contributed by atoms with Gasteiger partial charge in [-0.15, -0.1) is 0 Å². The quantitative estimate of drug-likeness (QED) is 0.860. The molecule has 0 saturated carbocycles. The molecule has 1 aromatic heterocycles. The fraction of sp³-hybridized carbons (Fsp3) is 0.211. The first-order chi connectivity index (χ1) is 12.0. The second-order valence-electron chi connectivity index (χ2n) is 5.32. The van der Waals surface area contributed by atoms with E-state index in [1.165, 1.54) is 12.0 Å². The molecule has 0 aliphatic rings. The lowest BCUT2D eigenvalue weighted by Crippen LogP contribution is -2.24. The SMILES string of the molecule is COc1ncccc1C(=O)NCC#Cc1ccc(C(=O)N(C)C)cc1. The van der Waals surface area contributed by atoms with E-state index in [1.54, 1.807) is 56.7 Å². The van der Waals surface area contributed by atoms with Gasteiger partial charge in [0.2, 0.25) is 5.88 Å². The molecule has 128 valence electrons. The Morgan fingerprint density at radius 2 is 1.92 bits per heavy atom. The number of hydrogen-bond acceptors (Lipinski definition) is 4. The Morgan fingerprint density at radius 3 is 2.56 bits per heavy atom. The summed E-state index contributed by atoms with van der Waals surface area (Å²) in [6.07, 6.45) is 1.56. The summed E-state index contributed by atoms with van der Waals surface area (Å²) in [5.41, 5.74) is 1.73. The molecular weight excluding hydrogens is 318 g/mol. The molecule has 6 nitrogen and oxygen atoms in total. The van der Waals surface area contributed by atoms with Crippen LogP contribution in [0, 0.1) is 11.8 Å². The molecule has 1 heterocycles. The van der Waals surface area contributed by atoms with Crippen molar-refractivity contribution in [2.45, 2.75) is 0 Å². The molecule has 25 heavy (non-hydrogen) atoms. The van der Waals surface area contributed by atoms with Gasteiger partial charge in [-0.25, -0.2) is 4.98 Å². The third-order valence-corrected chi connectivity index (χ3v) is 3.32. The molecule has 0 atom stereocenters. The van der Waals surface area contributed by atoms with Crippen LogP contribution in [-0.4, -0.2) is 49.4 Å². The number of pyridine rings is 1. The molecule has 0 fully saturated rings. The van der Waals surface area contributed by atoms with Crippen molar-refractivity contribution in [3.63, 3.8) is 0 Å². The maximum Gasteiger partial charge on any atom is 0.257 e. The van der Waals surface area contributed by atoms with Crippen molar-refractivity contribution in [2.24, 2.45) is 0 Å². The molecule has 0 aliphatic heterocycles. The van der Waals surface area contributed by atoms with Crippen molar-refractivity contribution in [2.75, 3.05) is 27.7 Å². The molecule has 2 amide bonds. The first-order valence-electron chi connectivity index (χ1n) is 7.60. The molecule has 0 saturated heterocycles. The van der Waals surface area contributed by atoms with Crippen LogP contribution >= 0.6 is 0 Å². The Bertz CT molecular complexity index is 818. The summed E-state index contributed by atoms with van der Waals surface area (Å²) in [6, 6.07) is 10.3. The zero-order valence-electron chi connectivity index (χ0n) is 14.4. The van der Waals surface area contributed by atoms with Gasteiger partial charge in [0.15, 0.2) is 0 Å². The third-order valence-electron chi connectivity index (χ3n) is 3.32. The molecule has 1 aromatic carbocycles. The molecule has 0 aliphatic carbocycles. The number of methoxy groups -OCH3 is 1. The Kier molecular flexibility index (Phi) is 6.13. The first-order valence-corrected chi connectivity index (χ1v) is 7.60. The van der Waals surface area contributed by atoms with Gasteiger partial charge in [-0.1, -0.05) is 11.8 Å². The van der Waals surface area contributed by atoms with Crippen LogP contribution in [0.25, 0.3) is 0 Å². The van der Waals surface area contributed by atoms with Crippen LogP contribution in [0.1, 0.15) is 26.3 Å². The van der Waals surface area contributed by atoms with E-state index in [0.29, 0.717) is 11.1 Å². The second-order valence-corrected chi connectivity index (χ2v) is 5.32. The molecule has 2 aromatic rings. The van der Waals surface area contributed by atoms with Crippen LogP contribution in [0.4, 0.5) is 0 Å². The highest BCUT2D eigenvalue weighted by Crippen LogP contribution is 2.12. The average molecular weight is 337 g/mol. The van der Waals surface area contributed by atoms with Gasteiger partial charge in [-0.3, -0.25) is 9.59 Å². The zero-order valence-corrected chi connectivity index (χ0v) is 14.4. The van der Waals surface area contributed by atoms with Crippen molar-refractivity contribution >= 4 is 11.8 Å². The summed E-state index contributed by atoms with van der Waals surface area (Å²) in [5, 5.41) is 2.70. The maximum absolute atomic E-state index is 12.1. The van der Waals surface area contributed by atoms with E-state index in [4.69, 9.17) is 4.74 Å². The van der Waals surface area contributed by atoms with Crippen LogP contribution in [0.2, 0.25) is 0 Å². The number of benzene rings is 1. The number of carbonyl (C=O) groups is 2. The summed E-state index contributed by atoms with van der Waals surface area (Å²) >= 11 is 0. The van der Waals surface area contributed by atoms with E-state index < -0.39 is 0 Å². The normalized spacial score (nSPS) is 9.56. The Balaban J connectivity index is 1.94. The molecule has 1 N–H and O–H groups in total. The van der Waals surface area contributed by atoms with E-state index in [0.717, 1.165) is 5.56 Å². The van der Waals surface area contributed by atoms with Gasteiger partial charge in [0, 0.05) is 31.4 Å². The molecule has 0 unspecified atom stereocenters. The van der Waals surface area contributed by atoms with Crippen molar-refractivity contribution in [3.05, 3.63) is 59.3 Å². The van der Waals surface area contributed by atoms with Gasteiger partial charge < -0.3 is 15.0 Å². The highest BCUT2D eigenvalue weighted by atomic mass is 16.5. The van der Waals surface area contributed by atoms with Crippen molar-refractivity contribution in [1.82, 2.24) is 15.2 Å². The Morgan fingerprint density at radius 1 is 1.20 bits per heavy atom. The number of nitrogens with one attached hydrogen (secondary N) is 1. The monoisotopic (exact) mass is 337 g/mol. The third kappa shape index (κ3) is 4.82. The minimum absolute atomic E-state index is 0.0582. The molecule has 2 rings (SSSR count). The lowest BCUT2D eigenvalue weighted by molar-refractivity contribution is 0.0827. The fourth-order valence-electron chi connectivity index (χ4n) is 2.05. The van der Waals surface area contributed by atoms with Gasteiger partial charge in [0.1, 0.15) is 5.56 Å². The van der Waals surface area contributed by atoms with Crippen molar-refractivity contribution in [1.29, 1.82) is 0 Å². The smallest absolute Gasteiger partial charge is 0.257 e. The minimum atomic E-state index is -0.300. The lowest BCUT2D eigenvalue weighted by atomic mass is 10.1. The number of aromatic nitrogens is 1. The predicted octanol–water partition coefficient (Wildman–Crippen LogP) is 1.57. The fourth-order valence-corrected chi connectivity index (χ4v) is 2.05. The largest absolute Gasteiger partial charge is 0.480 e. The Hall–Kier alpha value is -3.33. The van der Waals surface area contributed by atoms with Gasteiger partial charge in [0.25, 0.3) is 11.8 Å². The van der Waals surface area contributed by atoms with Gasteiger partial charge in [0.05, 0.1) is 13.7 Å². The summed E-state index contributed by atoms with van der Waals surface area (Å²) in [7, 11) is 4.87. The van der Waals surface area contributed by atoms with E-state index in [2.05, 4.69) is 22.1 Å². The molecule has 0 radical (unpaired) electrons. The molecular formula is C19H19N3O3. The standard InChI is InChI=1S/C19H19N3O3/c1-22(2)19(24)15-10-8-14(9-11-15)6-4-12-20-17(23)16-7-5-13-21-18(16)25-3/h5,7-11,13H,12H2,1-3H3,(H,20,23). The number of rotatable bonds is 4. The van der Waals surface area contributed by atoms with Crippen molar-refractivity contribution < 1.29 is 14.3 Å². The topological polar surface area (TPSA) is 71.5 Å². The molecule has 0 spiro atoms. The second kappa shape index (κ2) is 8.50. The number of nitrogens with zero attached hydrogens (tertiary/aromatic N) is 2. The van der Waals surface area contributed by atoms with E-state index >= 15 is 0 Å². The average Bonchev–Trinajstić information content (AvgIpc) is 2.64. The van der Waals surface area contributed by atoms with Gasteiger partial charge in [-0.2, -0.15) is 0 Å². The molecule has 6 heteroatoms. The minimum Gasteiger partial charge on any atom is -0.480 e. The summed E-state index contributed by atoms with van der Waals surface area (Å²) < 4.78 is 5.05. The number of amides is 2. The van der Waals surface area contributed by atoms with Crippen LogP contribution in [0.15, 0.2) is 42.6 Å².